The number of aliphatic hydroxyl groups is 2. The first kappa shape index (κ1) is 12.9. The summed E-state index contributed by atoms with van der Waals surface area (Å²) in [5.41, 5.74) is 0.810. The predicted octanol–water partition coefficient (Wildman–Crippen LogP) is 1.34. The van der Waals surface area contributed by atoms with E-state index in [1.54, 1.807) is 13.1 Å². The van der Waals surface area contributed by atoms with E-state index in [1.165, 1.54) is 0 Å². The summed E-state index contributed by atoms with van der Waals surface area (Å²) >= 11 is 0. The lowest BCUT2D eigenvalue weighted by molar-refractivity contribution is 0.199. The van der Waals surface area contributed by atoms with E-state index in [4.69, 9.17) is 5.11 Å². The van der Waals surface area contributed by atoms with Gasteiger partial charge in [-0.05, 0) is 19.4 Å². The van der Waals surface area contributed by atoms with Crippen LogP contribution in [0.25, 0.3) is 0 Å². The Morgan fingerprint density at radius 1 is 1.44 bits per heavy atom. The molecular weight excluding hydrogens is 204 g/mol. The topological polar surface area (TPSA) is 56.6 Å². The third-order valence-corrected chi connectivity index (χ3v) is 2.43. The molecule has 1 atom stereocenters. The molecule has 0 saturated carbocycles. The fraction of sp³-hybridized carbons (Fsp3) is 0.583. The minimum Gasteiger partial charge on any atom is -0.395 e. The molecule has 0 aliphatic rings. The van der Waals surface area contributed by atoms with E-state index in [0.29, 0.717) is 6.54 Å². The van der Waals surface area contributed by atoms with Crippen LogP contribution >= 0.6 is 0 Å². The molecule has 0 spiro atoms. The maximum absolute atomic E-state index is 9.66. The number of anilines is 1. The molecule has 1 heterocycles. The molecule has 0 saturated heterocycles. The van der Waals surface area contributed by atoms with Gasteiger partial charge in [0.1, 0.15) is 5.82 Å². The van der Waals surface area contributed by atoms with Gasteiger partial charge in [-0.2, -0.15) is 0 Å². The van der Waals surface area contributed by atoms with Crippen LogP contribution in [0, 0.1) is 0 Å². The van der Waals surface area contributed by atoms with Gasteiger partial charge in [0.25, 0.3) is 0 Å². The monoisotopic (exact) mass is 224 g/mol. The molecule has 0 aliphatic heterocycles. The van der Waals surface area contributed by atoms with Gasteiger partial charge in [-0.25, -0.2) is 4.98 Å². The van der Waals surface area contributed by atoms with Gasteiger partial charge in [-0.15, -0.1) is 0 Å². The van der Waals surface area contributed by atoms with E-state index < -0.39 is 6.10 Å². The molecule has 1 aromatic rings. The summed E-state index contributed by atoms with van der Waals surface area (Å²) in [6.45, 7) is 5.27. The van der Waals surface area contributed by atoms with Gasteiger partial charge in [-0.3, -0.25) is 0 Å². The molecular formula is C12H20N2O2. The van der Waals surface area contributed by atoms with Crippen LogP contribution in [0.15, 0.2) is 18.3 Å². The van der Waals surface area contributed by atoms with Gasteiger partial charge in [0.2, 0.25) is 0 Å². The molecule has 0 bridgehead atoms. The summed E-state index contributed by atoms with van der Waals surface area (Å²) in [5, 5.41) is 18.7. The van der Waals surface area contributed by atoms with Crippen molar-refractivity contribution in [2.75, 3.05) is 24.6 Å². The molecule has 16 heavy (non-hydrogen) atoms. The van der Waals surface area contributed by atoms with Crippen LogP contribution < -0.4 is 4.90 Å². The molecule has 1 rings (SSSR count). The number of pyridine rings is 1. The van der Waals surface area contributed by atoms with Crippen LogP contribution in [-0.4, -0.2) is 34.9 Å². The van der Waals surface area contributed by atoms with Gasteiger partial charge < -0.3 is 15.1 Å². The first-order valence-corrected chi connectivity index (χ1v) is 5.69. The van der Waals surface area contributed by atoms with Gasteiger partial charge in [-0.1, -0.05) is 13.0 Å². The van der Waals surface area contributed by atoms with E-state index in [9.17, 15) is 5.11 Å². The average molecular weight is 224 g/mol. The van der Waals surface area contributed by atoms with Gasteiger partial charge in [0.05, 0.1) is 12.7 Å². The Kier molecular flexibility index (Phi) is 5.22. The van der Waals surface area contributed by atoms with Crippen molar-refractivity contribution in [1.29, 1.82) is 0 Å². The van der Waals surface area contributed by atoms with Crippen molar-refractivity contribution in [2.24, 2.45) is 0 Å². The zero-order valence-corrected chi connectivity index (χ0v) is 9.93. The lowest BCUT2D eigenvalue weighted by Crippen LogP contribution is -2.29. The van der Waals surface area contributed by atoms with Crippen molar-refractivity contribution in [3.63, 3.8) is 0 Å². The van der Waals surface area contributed by atoms with Crippen molar-refractivity contribution in [1.82, 2.24) is 4.98 Å². The van der Waals surface area contributed by atoms with E-state index in [2.05, 4.69) is 11.9 Å². The number of aliphatic hydroxyl groups excluding tert-OH is 2. The second-order valence-electron chi connectivity index (χ2n) is 3.80. The number of nitrogens with zero attached hydrogens (tertiary/aromatic N) is 2. The van der Waals surface area contributed by atoms with Gasteiger partial charge in [0, 0.05) is 24.8 Å². The van der Waals surface area contributed by atoms with Crippen molar-refractivity contribution in [3.05, 3.63) is 23.9 Å². The van der Waals surface area contributed by atoms with Gasteiger partial charge >= 0.3 is 0 Å². The third kappa shape index (κ3) is 3.18. The van der Waals surface area contributed by atoms with Crippen molar-refractivity contribution < 1.29 is 10.2 Å². The fourth-order valence-corrected chi connectivity index (χ4v) is 1.71. The van der Waals surface area contributed by atoms with Crippen LogP contribution in [0.1, 0.15) is 31.9 Å². The predicted molar refractivity (Wildman–Crippen MR) is 64.5 cm³/mol. The summed E-state index contributed by atoms with van der Waals surface area (Å²) in [6.07, 6.45) is 2.15. The Balaban J connectivity index is 2.97. The van der Waals surface area contributed by atoms with Crippen LogP contribution in [0.5, 0.6) is 0 Å². The summed E-state index contributed by atoms with van der Waals surface area (Å²) in [4.78, 5) is 6.29. The second kappa shape index (κ2) is 6.45. The van der Waals surface area contributed by atoms with Crippen LogP contribution in [0.2, 0.25) is 0 Å². The maximum Gasteiger partial charge on any atom is 0.134 e. The first-order valence-electron chi connectivity index (χ1n) is 5.69. The van der Waals surface area contributed by atoms with Crippen LogP contribution in [0.4, 0.5) is 5.82 Å². The third-order valence-electron chi connectivity index (χ3n) is 2.43. The molecule has 0 unspecified atom stereocenters. The Labute approximate surface area is 96.6 Å². The highest BCUT2D eigenvalue weighted by molar-refractivity contribution is 5.47. The highest BCUT2D eigenvalue weighted by Gasteiger charge is 2.14. The summed E-state index contributed by atoms with van der Waals surface area (Å²) in [7, 11) is 0. The standard InChI is InChI=1S/C12H20N2O2/c1-3-7-14(8-9-15)12-11(10(2)16)5-4-6-13-12/h4-6,10,15-16H,3,7-9H2,1-2H3/t10-/m0/s1. The van der Waals surface area contributed by atoms with E-state index >= 15 is 0 Å². The zero-order chi connectivity index (χ0) is 12.0. The fourth-order valence-electron chi connectivity index (χ4n) is 1.71. The highest BCUT2D eigenvalue weighted by Crippen LogP contribution is 2.23. The Morgan fingerprint density at radius 3 is 2.75 bits per heavy atom. The van der Waals surface area contributed by atoms with Crippen LogP contribution in [0.3, 0.4) is 0 Å². The lowest BCUT2D eigenvalue weighted by Gasteiger charge is -2.25. The minimum atomic E-state index is -0.540. The Morgan fingerprint density at radius 2 is 2.19 bits per heavy atom. The maximum atomic E-state index is 9.66. The highest BCUT2D eigenvalue weighted by atomic mass is 16.3. The van der Waals surface area contributed by atoms with E-state index in [1.807, 2.05) is 17.0 Å². The zero-order valence-electron chi connectivity index (χ0n) is 9.93. The largest absolute Gasteiger partial charge is 0.395 e. The molecule has 0 fully saturated rings. The number of rotatable bonds is 6. The quantitative estimate of drug-likeness (QED) is 0.765. The number of hydrogen-bond acceptors (Lipinski definition) is 4. The first-order chi connectivity index (χ1) is 7.70. The number of aromatic nitrogens is 1. The van der Waals surface area contributed by atoms with Crippen LogP contribution in [-0.2, 0) is 0 Å². The molecule has 90 valence electrons. The van der Waals surface area contributed by atoms with E-state index in [0.717, 1.165) is 24.3 Å². The number of hydrogen-bond donors (Lipinski definition) is 2. The minimum absolute atomic E-state index is 0.0931. The Hall–Kier alpha value is -1.13. The Bertz CT molecular complexity index is 310. The summed E-state index contributed by atoms with van der Waals surface area (Å²) < 4.78 is 0. The van der Waals surface area contributed by atoms with Crippen molar-refractivity contribution >= 4 is 5.82 Å². The van der Waals surface area contributed by atoms with Gasteiger partial charge in [0.15, 0.2) is 0 Å². The molecule has 4 nitrogen and oxygen atoms in total. The molecule has 0 radical (unpaired) electrons. The SMILES string of the molecule is CCCN(CCO)c1ncccc1[C@H](C)O. The normalized spacial score (nSPS) is 12.5. The molecule has 2 N–H and O–H groups in total. The molecule has 0 aliphatic carbocycles. The summed E-state index contributed by atoms with van der Waals surface area (Å²) in [6, 6.07) is 3.68. The smallest absolute Gasteiger partial charge is 0.134 e. The second-order valence-corrected chi connectivity index (χ2v) is 3.80. The van der Waals surface area contributed by atoms with Crippen molar-refractivity contribution in [3.8, 4) is 0 Å². The van der Waals surface area contributed by atoms with Crippen molar-refractivity contribution in [2.45, 2.75) is 26.4 Å². The molecule has 1 aromatic heterocycles. The molecule has 0 amide bonds. The molecule has 0 aromatic carbocycles. The summed E-state index contributed by atoms with van der Waals surface area (Å²) in [5.74, 6) is 0.772. The van der Waals surface area contributed by atoms with E-state index in [-0.39, 0.29) is 6.61 Å². The molecule has 4 heteroatoms. The lowest BCUT2D eigenvalue weighted by atomic mass is 10.1. The average Bonchev–Trinajstić information content (AvgIpc) is 2.29.